The van der Waals surface area contributed by atoms with Gasteiger partial charge in [-0.25, -0.2) is 0 Å². The Hall–Kier alpha value is -9.12. The van der Waals surface area contributed by atoms with E-state index in [0.29, 0.717) is 11.8 Å². The van der Waals surface area contributed by atoms with Gasteiger partial charge in [0.1, 0.15) is 0 Å². The number of hydrogen-bond donors (Lipinski definition) is 0. The molecule has 4 heteroatoms. The first-order valence-electron chi connectivity index (χ1n) is 32.8. The molecule has 0 bridgehead atoms. The van der Waals surface area contributed by atoms with Gasteiger partial charge in [-0.2, -0.15) is 0 Å². The summed E-state index contributed by atoms with van der Waals surface area (Å²) in [4.78, 5) is 5.60. The molecule has 0 spiro atoms. The van der Waals surface area contributed by atoms with Crippen LogP contribution in [-0.2, 0) is 12.8 Å². The number of benzene rings is 12. The van der Waals surface area contributed by atoms with Crippen molar-refractivity contribution >= 4 is 98.7 Å². The zero-order valence-corrected chi connectivity index (χ0v) is 52.3. The van der Waals surface area contributed by atoms with E-state index in [-0.39, 0.29) is 23.9 Å². The van der Waals surface area contributed by atoms with Crippen LogP contribution in [0.2, 0.25) is 0 Å². The smallest absolute Gasteiger partial charge is 0.0594 e. The zero-order chi connectivity index (χ0) is 59.6. The summed E-state index contributed by atoms with van der Waals surface area (Å²) in [6, 6.07) is 85.2. The summed E-state index contributed by atoms with van der Waals surface area (Å²) in [5, 5.41) is 13.2. The second-order valence-corrected chi connectivity index (χ2v) is 26.8. The molecule has 2 aliphatic rings. The third kappa shape index (κ3) is 8.45. The van der Waals surface area contributed by atoms with E-state index in [2.05, 4.69) is 293 Å². The Labute approximate surface area is 518 Å². The minimum absolute atomic E-state index is 0.114. The molecular formula is C84H78N4. The Balaban J connectivity index is 0.992. The van der Waals surface area contributed by atoms with Crippen LogP contribution < -0.4 is 9.80 Å². The number of rotatable bonds is 12. The molecule has 0 N–H and O–H groups in total. The van der Waals surface area contributed by atoms with Gasteiger partial charge in [0.2, 0.25) is 0 Å². The summed E-state index contributed by atoms with van der Waals surface area (Å²) in [6.07, 6.45) is 6.56. The molecule has 2 aliphatic carbocycles. The normalized spacial score (nSPS) is 15.4. The van der Waals surface area contributed by atoms with Crippen molar-refractivity contribution in [2.24, 2.45) is 0 Å². The fourth-order valence-corrected chi connectivity index (χ4v) is 16.4. The molecule has 0 saturated carbocycles. The Morgan fingerprint density at radius 1 is 0.318 bits per heavy atom. The van der Waals surface area contributed by atoms with Crippen LogP contribution in [0.4, 0.5) is 22.7 Å². The van der Waals surface area contributed by atoms with Crippen molar-refractivity contribution in [3.8, 4) is 11.4 Å². The van der Waals surface area contributed by atoms with Crippen molar-refractivity contribution in [2.75, 3.05) is 9.80 Å². The molecule has 88 heavy (non-hydrogen) atoms. The van der Waals surface area contributed by atoms with Gasteiger partial charge in [0, 0.05) is 66.4 Å². The van der Waals surface area contributed by atoms with Crippen LogP contribution in [0.1, 0.15) is 161 Å². The second-order valence-electron chi connectivity index (χ2n) is 26.8. The molecule has 0 aliphatic heterocycles. The lowest BCUT2D eigenvalue weighted by Gasteiger charge is -2.40. The summed E-state index contributed by atoms with van der Waals surface area (Å²) in [5.41, 5.74) is 23.8. The summed E-state index contributed by atoms with van der Waals surface area (Å²) in [6.45, 7) is 19.0. The maximum atomic E-state index is 2.80. The highest BCUT2D eigenvalue weighted by Crippen LogP contribution is 2.54. The number of anilines is 4. The lowest BCUT2D eigenvalue weighted by Crippen LogP contribution is -2.28. The van der Waals surface area contributed by atoms with E-state index >= 15 is 0 Å². The van der Waals surface area contributed by atoms with Crippen molar-refractivity contribution in [3.05, 3.63) is 263 Å². The largest absolute Gasteiger partial charge is 0.333 e. The van der Waals surface area contributed by atoms with E-state index < -0.39 is 0 Å². The van der Waals surface area contributed by atoms with Crippen LogP contribution in [0.15, 0.2) is 218 Å². The summed E-state index contributed by atoms with van der Waals surface area (Å²) < 4.78 is 5.13. The molecule has 2 unspecified atom stereocenters. The maximum Gasteiger partial charge on any atom is 0.0594 e. The average molecular weight is 1140 g/mol. The van der Waals surface area contributed by atoms with Gasteiger partial charge >= 0.3 is 0 Å². The van der Waals surface area contributed by atoms with Crippen LogP contribution in [0, 0.1) is 0 Å². The molecule has 0 saturated heterocycles. The van der Waals surface area contributed by atoms with Crippen LogP contribution in [0.5, 0.6) is 0 Å². The first kappa shape index (κ1) is 54.3. The number of nitrogens with zero attached hydrogens (tertiary/aromatic N) is 4. The highest BCUT2D eigenvalue weighted by molar-refractivity contribution is 6.29. The summed E-state index contributed by atoms with van der Waals surface area (Å²) >= 11 is 0. The predicted molar refractivity (Wildman–Crippen MR) is 377 cm³/mol. The maximum absolute atomic E-state index is 2.80. The van der Waals surface area contributed by atoms with Gasteiger partial charge in [-0.3, -0.25) is 0 Å². The lowest BCUT2D eigenvalue weighted by atomic mass is 9.82. The highest BCUT2D eigenvalue weighted by Gasteiger charge is 2.34. The lowest BCUT2D eigenvalue weighted by molar-refractivity contribution is 0.559. The molecular weight excluding hydrogens is 1060 g/mol. The fraction of sp³-hybridized carbons (Fsp3) is 0.238. The number of aryl methyl sites for hydroxylation is 2. The van der Waals surface area contributed by atoms with Crippen molar-refractivity contribution in [3.63, 3.8) is 0 Å². The third-order valence-electron chi connectivity index (χ3n) is 20.5. The second kappa shape index (κ2) is 21.3. The zero-order valence-electron chi connectivity index (χ0n) is 52.3. The van der Waals surface area contributed by atoms with Gasteiger partial charge in [0.25, 0.3) is 0 Å². The van der Waals surface area contributed by atoms with Crippen molar-refractivity contribution in [1.29, 1.82) is 0 Å². The van der Waals surface area contributed by atoms with Gasteiger partial charge in [-0.15, -0.1) is 0 Å². The van der Waals surface area contributed by atoms with Crippen molar-refractivity contribution in [1.82, 2.24) is 9.13 Å². The van der Waals surface area contributed by atoms with Gasteiger partial charge in [0.05, 0.1) is 34.2 Å². The summed E-state index contributed by atoms with van der Waals surface area (Å²) in [7, 11) is 0. The van der Waals surface area contributed by atoms with Gasteiger partial charge in [-0.1, -0.05) is 213 Å². The van der Waals surface area contributed by atoms with E-state index in [0.717, 1.165) is 38.5 Å². The monoisotopic (exact) mass is 1140 g/mol. The van der Waals surface area contributed by atoms with E-state index in [9.17, 15) is 0 Å². The Kier molecular flexibility index (Phi) is 13.2. The van der Waals surface area contributed by atoms with Crippen molar-refractivity contribution < 1.29 is 0 Å². The third-order valence-corrected chi connectivity index (χ3v) is 20.5. The fourth-order valence-electron chi connectivity index (χ4n) is 16.4. The number of aromatic nitrogens is 2. The Morgan fingerprint density at radius 3 is 1.10 bits per heavy atom. The predicted octanol–water partition coefficient (Wildman–Crippen LogP) is 23.7. The molecule has 0 fully saturated rings. The first-order valence-corrected chi connectivity index (χ1v) is 32.8. The van der Waals surface area contributed by atoms with Crippen LogP contribution in [0.3, 0.4) is 0 Å². The van der Waals surface area contributed by atoms with E-state index in [1.165, 1.54) is 155 Å². The van der Waals surface area contributed by atoms with Gasteiger partial charge < -0.3 is 18.9 Å². The molecule has 0 radical (unpaired) electrons. The molecule has 16 rings (SSSR count). The molecule has 2 aromatic heterocycles. The Bertz CT molecular complexity index is 4730. The topological polar surface area (TPSA) is 16.3 Å². The van der Waals surface area contributed by atoms with Crippen LogP contribution >= 0.6 is 0 Å². The number of hydrogen-bond acceptors (Lipinski definition) is 2. The molecule has 0 amide bonds. The molecule has 14 aromatic rings. The molecule has 2 heterocycles. The van der Waals surface area contributed by atoms with Gasteiger partial charge in [0.15, 0.2) is 0 Å². The SMILES string of the molecule is CC(C)c1ccccc1-n1c2ccccc2c2ccc(N(c3cc(C(C)C)c4ccc5c(N(c6ccc7c8ccccc8n(-c8ccccc8C(C)C)c7c6)C6CCCc7ccccc76)cc(C(C)C)c6ccc3c4c65)C3CCCc4ccccc43)cc21. The minimum Gasteiger partial charge on any atom is -0.333 e. The number of para-hydroxylation sites is 4. The molecule has 4 nitrogen and oxygen atoms in total. The average Bonchev–Trinajstić information content (AvgIpc) is 0.858. The summed E-state index contributed by atoms with van der Waals surface area (Å²) in [5.74, 6) is 1.24. The van der Waals surface area contributed by atoms with E-state index in [1.807, 2.05) is 0 Å². The highest BCUT2D eigenvalue weighted by atomic mass is 15.2. The Morgan fingerprint density at radius 2 is 0.670 bits per heavy atom. The molecule has 2 atom stereocenters. The molecule has 12 aromatic carbocycles. The van der Waals surface area contributed by atoms with Crippen LogP contribution in [-0.4, -0.2) is 9.13 Å². The van der Waals surface area contributed by atoms with E-state index in [1.54, 1.807) is 0 Å². The van der Waals surface area contributed by atoms with Crippen molar-refractivity contribution in [2.45, 2.75) is 130 Å². The molecule has 434 valence electrons. The first-order chi connectivity index (χ1) is 43.0. The quantitative estimate of drug-likeness (QED) is 0.113. The van der Waals surface area contributed by atoms with E-state index in [4.69, 9.17) is 0 Å². The number of fused-ring (bicyclic) bond motifs is 8. The standard InChI is InChI=1S/C84H78N4/c1-51(2)59-27-13-17-33-73(59)87-77-35-19-15-31-63(77)65-41-39-57(47-79(65)87)85(75-37-21-25-55-23-9-11-29-61(55)75)81-49-71(53(5)6)67-44-46-70-82(50-72(54(7)8)68-43-45-69(81)83(67)84(68)70)86(76-38-22-26-56-24-10-12-30-62(56)76)58-40-42-66-64-32-16-20-36-78(64)88(80(66)48-58)74-34-18-14-28-60(74)52(3)4/h9-20,23-24,27-36,39-54,75-76H,21-22,25-26,37-38H2,1-8H3. The van der Waals surface area contributed by atoms with Gasteiger partial charge in [-0.05, 0) is 189 Å². The minimum atomic E-state index is 0.114. The van der Waals surface area contributed by atoms with Crippen LogP contribution in [0.25, 0.3) is 87.3 Å².